The molecule has 200 valence electrons. The van der Waals surface area contributed by atoms with Crippen LogP contribution in [0.5, 0.6) is 5.75 Å². The van der Waals surface area contributed by atoms with Crippen LogP contribution >= 0.6 is 11.6 Å². The highest BCUT2D eigenvalue weighted by atomic mass is 35.5. The number of halogens is 1. The number of carboxylic acids is 1. The molecule has 0 heterocycles. The Morgan fingerprint density at radius 1 is 1.05 bits per heavy atom. The summed E-state index contributed by atoms with van der Waals surface area (Å²) in [6, 6.07) is 8.97. The second-order valence-electron chi connectivity index (χ2n) is 9.02. The smallest absolute Gasteiger partial charge is 0.306 e. The maximum atomic E-state index is 13.2. The predicted molar refractivity (Wildman–Crippen MR) is 138 cm³/mol. The Morgan fingerprint density at radius 2 is 1.70 bits per heavy atom. The topological polar surface area (TPSA) is 142 Å². The van der Waals surface area contributed by atoms with E-state index < -0.39 is 33.7 Å². The van der Waals surface area contributed by atoms with Crippen molar-refractivity contribution in [1.82, 2.24) is 9.62 Å². The number of carbonyl (C=O) groups excluding carboxylic acids is 2. The molecule has 2 aromatic rings. The van der Waals surface area contributed by atoms with Gasteiger partial charge in [-0.25, -0.2) is 12.7 Å². The number of hydrogen-bond donors (Lipinski definition) is 3. The average Bonchev–Trinajstić information content (AvgIpc) is 2.87. The van der Waals surface area contributed by atoms with E-state index in [1.54, 1.807) is 18.2 Å². The fraction of sp³-hybridized carbons (Fsp3) is 0.400. The van der Waals surface area contributed by atoms with Crippen molar-refractivity contribution >= 4 is 45.1 Å². The van der Waals surface area contributed by atoms with Crippen LogP contribution in [0.15, 0.2) is 41.3 Å². The van der Waals surface area contributed by atoms with Crippen LogP contribution in [0.25, 0.3) is 0 Å². The van der Waals surface area contributed by atoms with Crippen molar-refractivity contribution in [3.8, 4) is 5.75 Å². The Hall–Kier alpha value is -3.15. The fourth-order valence-corrected chi connectivity index (χ4v) is 5.33. The Labute approximate surface area is 221 Å². The lowest BCUT2D eigenvalue weighted by Gasteiger charge is -2.25. The number of hydrogen-bond acceptors (Lipinski definition) is 6. The summed E-state index contributed by atoms with van der Waals surface area (Å²) in [6.45, 7) is 0.0970. The molecule has 0 radical (unpaired) electrons. The summed E-state index contributed by atoms with van der Waals surface area (Å²) in [5.41, 5.74) is 0.834. The number of ether oxygens (including phenoxy) is 1. The Kier molecular flexibility index (Phi) is 9.16. The zero-order chi connectivity index (χ0) is 27.3. The lowest BCUT2D eigenvalue weighted by molar-refractivity contribution is -0.143. The summed E-state index contributed by atoms with van der Waals surface area (Å²) in [4.78, 5) is 37.2. The molecule has 0 unspecified atom stereocenters. The molecule has 3 rings (SSSR count). The maximum absolute atomic E-state index is 13.2. The van der Waals surface area contributed by atoms with E-state index in [4.69, 9.17) is 16.3 Å². The van der Waals surface area contributed by atoms with Gasteiger partial charge in [-0.05, 0) is 61.6 Å². The molecule has 0 bridgehead atoms. The molecule has 0 aliphatic heterocycles. The van der Waals surface area contributed by atoms with Gasteiger partial charge in [0.1, 0.15) is 5.75 Å². The summed E-state index contributed by atoms with van der Waals surface area (Å²) in [7, 11) is 0.413. The first-order valence-corrected chi connectivity index (χ1v) is 13.5. The lowest BCUT2D eigenvalue weighted by Crippen LogP contribution is -2.31. The van der Waals surface area contributed by atoms with Crippen molar-refractivity contribution in [1.29, 1.82) is 0 Å². The molecule has 2 aromatic carbocycles. The predicted octanol–water partition coefficient (Wildman–Crippen LogP) is 3.36. The number of carbonyl (C=O) groups is 3. The Bertz CT molecular complexity index is 1290. The van der Waals surface area contributed by atoms with E-state index >= 15 is 0 Å². The Morgan fingerprint density at radius 3 is 2.27 bits per heavy atom. The molecular formula is C25H30ClN3O7S. The number of sulfonamides is 1. The molecule has 10 nitrogen and oxygen atoms in total. The largest absolute Gasteiger partial charge is 0.495 e. The number of amides is 2. The van der Waals surface area contributed by atoms with E-state index in [1.165, 1.54) is 39.4 Å². The molecule has 1 aliphatic rings. The number of methoxy groups -OCH3 is 1. The van der Waals surface area contributed by atoms with Gasteiger partial charge in [-0.15, -0.1) is 0 Å². The van der Waals surface area contributed by atoms with Crippen molar-refractivity contribution in [2.75, 3.05) is 26.5 Å². The van der Waals surface area contributed by atoms with Crippen molar-refractivity contribution in [3.63, 3.8) is 0 Å². The maximum Gasteiger partial charge on any atom is 0.306 e. The van der Waals surface area contributed by atoms with Gasteiger partial charge in [-0.3, -0.25) is 14.4 Å². The normalized spacial score (nSPS) is 17.8. The van der Waals surface area contributed by atoms with Crippen molar-refractivity contribution in [3.05, 3.63) is 52.5 Å². The first-order valence-electron chi connectivity index (χ1n) is 11.6. The number of aliphatic carboxylic acids is 1. The number of rotatable bonds is 9. The molecule has 0 aromatic heterocycles. The van der Waals surface area contributed by atoms with Gasteiger partial charge in [0.2, 0.25) is 15.9 Å². The molecular weight excluding hydrogens is 522 g/mol. The highest BCUT2D eigenvalue weighted by molar-refractivity contribution is 7.89. The first kappa shape index (κ1) is 28.4. The quantitative estimate of drug-likeness (QED) is 0.433. The first-order chi connectivity index (χ1) is 17.4. The second-order valence-corrected chi connectivity index (χ2v) is 11.6. The molecule has 2 amide bonds. The van der Waals surface area contributed by atoms with Crippen LogP contribution in [0.4, 0.5) is 5.69 Å². The molecule has 37 heavy (non-hydrogen) atoms. The van der Waals surface area contributed by atoms with Crippen molar-refractivity contribution in [2.45, 2.75) is 37.1 Å². The highest BCUT2D eigenvalue weighted by Gasteiger charge is 2.30. The summed E-state index contributed by atoms with van der Waals surface area (Å²) in [5.74, 6) is -2.18. The third kappa shape index (κ3) is 6.79. The van der Waals surface area contributed by atoms with Crippen LogP contribution in [0.1, 0.15) is 41.6 Å². The zero-order valence-corrected chi connectivity index (χ0v) is 22.4. The second kappa shape index (κ2) is 11.9. The van der Waals surface area contributed by atoms with Gasteiger partial charge in [-0.2, -0.15) is 0 Å². The Balaban J connectivity index is 1.83. The molecule has 0 saturated heterocycles. The molecule has 1 aliphatic carbocycles. The number of nitrogens with zero attached hydrogens (tertiary/aromatic N) is 1. The summed E-state index contributed by atoms with van der Waals surface area (Å²) < 4.78 is 31.5. The minimum absolute atomic E-state index is 0.0184. The van der Waals surface area contributed by atoms with Gasteiger partial charge in [0, 0.05) is 26.6 Å². The van der Waals surface area contributed by atoms with Crippen LogP contribution in [-0.2, 0) is 26.2 Å². The molecule has 12 heteroatoms. The van der Waals surface area contributed by atoms with Crippen LogP contribution in [0, 0.1) is 11.8 Å². The molecule has 3 N–H and O–H groups in total. The highest BCUT2D eigenvalue weighted by Crippen LogP contribution is 2.31. The van der Waals surface area contributed by atoms with Gasteiger partial charge in [0.25, 0.3) is 5.91 Å². The van der Waals surface area contributed by atoms with Crippen molar-refractivity contribution in [2.24, 2.45) is 11.8 Å². The van der Waals surface area contributed by atoms with Gasteiger partial charge in [-0.1, -0.05) is 17.7 Å². The number of anilines is 1. The summed E-state index contributed by atoms with van der Waals surface area (Å²) >= 11 is 6.16. The average molecular weight is 552 g/mol. The third-order valence-corrected chi connectivity index (χ3v) is 8.50. The third-order valence-electron chi connectivity index (χ3n) is 6.39. The van der Waals surface area contributed by atoms with E-state index in [-0.39, 0.29) is 28.6 Å². The van der Waals surface area contributed by atoms with Crippen LogP contribution in [0.2, 0.25) is 5.02 Å². The zero-order valence-electron chi connectivity index (χ0n) is 20.8. The molecule has 0 spiro atoms. The monoisotopic (exact) mass is 551 g/mol. The van der Waals surface area contributed by atoms with Gasteiger partial charge in [0.15, 0.2) is 0 Å². The van der Waals surface area contributed by atoms with E-state index in [9.17, 15) is 27.9 Å². The SMILES string of the molecule is COc1ccc(CNC(=O)c2cc(S(=O)(=O)N(C)C)ccc2NC(=O)[C@H]2CC[C@H](C(=O)O)CC2)cc1Cl. The van der Waals surface area contributed by atoms with E-state index in [0.717, 1.165) is 4.31 Å². The van der Waals surface area contributed by atoms with E-state index in [2.05, 4.69) is 10.6 Å². The minimum atomic E-state index is -3.84. The van der Waals surface area contributed by atoms with Crippen LogP contribution < -0.4 is 15.4 Å². The molecule has 1 saturated carbocycles. The fourth-order valence-electron chi connectivity index (χ4n) is 4.13. The summed E-state index contributed by atoms with van der Waals surface area (Å²) in [6.07, 6.45) is 1.61. The van der Waals surface area contributed by atoms with Crippen LogP contribution in [0.3, 0.4) is 0 Å². The number of nitrogens with one attached hydrogen (secondary N) is 2. The van der Waals surface area contributed by atoms with Crippen molar-refractivity contribution < 1.29 is 32.6 Å². The standard InChI is InChI=1S/C25H30ClN3O7S/c1-29(2)37(34,35)18-9-10-21(28-23(30)16-5-7-17(8-6-16)25(32)33)19(13-18)24(31)27-14-15-4-11-22(36-3)20(26)12-15/h4,9-13,16-17H,5-8,14H2,1-3H3,(H,27,31)(H,28,30)(H,32,33)/t16-,17-. The number of benzene rings is 2. The van der Waals surface area contributed by atoms with Gasteiger partial charge >= 0.3 is 5.97 Å². The van der Waals surface area contributed by atoms with Gasteiger partial charge < -0.3 is 20.5 Å². The number of carboxylic acid groups (broad SMARTS) is 1. The van der Waals surface area contributed by atoms with E-state index in [1.807, 2.05) is 0 Å². The van der Waals surface area contributed by atoms with Crippen LogP contribution in [-0.4, -0.2) is 56.8 Å². The molecule has 0 atom stereocenters. The lowest BCUT2D eigenvalue weighted by atomic mass is 9.81. The molecule has 1 fully saturated rings. The van der Waals surface area contributed by atoms with Gasteiger partial charge in [0.05, 0.1) is 34.2 Å². The summed E-state index contributed by atoms with van der Waals surface area (Å²) in [5, 5.41) is 15.0. The minimum Gasteiger partial charge on any atom is -0.495 e. The van der Waals surface area contributed by atoms with E-state index in [0.29, 0.717) is 42.0 Å².